The second-order valence-electron chi connectivity index (χ2n) is 4.53. The number of nitrogens with one attached hydrogen (secondary N) is 2. The molecule has 4 N–H and O–H groups in total. The van der Waals surface area contributed by atoms with Crippen LogP contribution in [0.5, 0.6) is 0 Å². The molecule has 0 aliphatic rings. The maximum Gasteiger partial charge on any atom is 0.166 e. The molecular weight excluding hydrogens is 270 g/mol. The number of aromatic nitrogens is 3. The first-order chi connectivity index (χ1) is 9.74. The molecule has 0 saturated carbocycles. The van der Waals surface area contributed by atoms with Crippen molar-refractivity contribution in [3.8, 4) is 0 Å². The number of nitrogens with two attached hydrogens (primary N) is 1. The molecule has 0 saturated heterocycles. The maximum atomic E-state index is 5.39. The van der Waals surface area contributed by atoms with Crippen LogP contribution in [0.3, 0.4) is 0 Å². The van der Waals surface area contributed by atoms with Crippen molar-refractivity contribution in [1.82, 2.24) is 15.0 Å². The Labute approximate surface area is 121 Å². The van der Waals surface area contributed by atoms with Gasteiger partial charge < -0.3 is 10.4 Å². The van der Waals surface area contributed by atoms with Gasteiger partial charge >= 0.3 is 0 Å². The highest BCUT2D eigenvalue weighted by Gasteiger charge is 2.05. The minimum absolute atomic E-state index is 0.744. The molecule has 5 nitrogen and oxygen atoms in total. The highest BCUT2D eigenvalue weighted by molar-refractivity contribution is 7.98. The quantitative estimate of drug-likeness (QED) is 0.390. The van der Waals surface area contributed by atoms with Crippen LogP contribution in [-0.2, 0) is 5.75 Å². The third-order valence-corrected chi connectivity index (χ3v) is 3.86. The summed E-state index contributed by atoms with van der Waals surface area (Å²) in [5.74, 6) is 6.13. The minimum atomic E-state index is 0.744. The van der Waals surface area contributed by atoms with Crippen LogP contribution in [0.4, 0.5) is 5.69 Å². The molecule has 2 aromatic heterocycles. The Bertz CT molecular complexity index is 737. The number of hydrogen-bond acceptors (Lipinski definition) is 5. The zero-order valence-electron chi connectivity index (χ0n) is 11.1. The van der Waals surface area contributed by atoms with Gasteiger partial charge in [0.05, 0.1) is 22.4 Å². The number of thioether (sulfide) groups is 1. The van der Waals surface area contributed by atoms with Crippen LogP contribution in [0, 0.1) is 6.92 Å². The Kier molecular flexibility index (Phi) is 3.58. The van der Waals surface area contributed by atoms with Crippen molar-refractivity contribution in [2.75, 3.05) is 5.43 Å². The largest absolute Gasteiger partial charge is 0.333 e. The van der Waals surface area contributed by atoms with Gasteiger partial charge in [-0.1, -0.05) is 17.8 Å². The second-order valence-corrected chi connectivity index (χ2v) is 5.50. The van der Waals surface area contributed by atoms with Crippen LogP contribution in [0.1, 0.15) is 11.3 Å². The number of hydrogen-bond donors (Lipinski definition) is 3. The highest BCUT2D eigenvalue weighted by atomic mass is 32.2. The van der Waals surface area contributed by atoms with E-state index in [4.69, 9.17) is 5.84 Å². The predicted molar refractivity (Wildman–Crippen MR) is 82.4 cm³/mol. The average molecular weight is 285 g/mol. The fourth-order valence-corrected chi connectivity index (χ4v) is 2.75. The SMILES string of the molecule is Cc1ccc2nc(SCc3cc(NN)ccn3)[nH]c2c1. The molecular formula is C14H15N5S. The van der Waals surface area contributed by atoms with E-state index in [2.05, 4.69) is 39.4 Å². The number of aromatic amines is 1. The number of nitrogen functional groups attached to an aromatic ring is 1. The van der Waals surface area contributed by atoms with Gasteiger partial charge in [0.15, 0.2) is 5.16 Å². The van der Waals surface area contributed by atoms with Gasteiger partial charge in [-0.15, -0.1) is 0 Å². The monoisotopic (exact) mass is 285 g/mol. The third kappa shape index (κ3) is 2.76. The van der Waals surface area contributed by atoms with Crippen molar-refractivity contribution >= 4 is 28.5 Å². The molecule has 1 aromatic carbocycles. The Morgan fingerprint density at radius 2 is 2.20 bits per heavy atom. The molecule has 0 fully saturated rings. The minimum Gasteiger partial charge on any atom is -0.333 e. The zero-order chi connectivity index (χ0) is 13.9. The second kappa shape index (κ2) is 5.52. The lowest BCUT2D eigenvalue weighted by atomic mass is 10.2. The lowest BCUT2D eigenvalue weighted by molar-refractivity contribution is 1.07. The number of H-pyrrole nitrogens is 1. The highest BCUT2D eigenvalue weighted by Crippen LogP contribution is 2.23. The van der Waals surface area contributed by atoms with Gasteiger partial charge in [-0.25, -0.2) is 4.98 Å². The van der Waals surface area contributed by atoms with E-state index in [9.17, 15) is 0 Å². The number of hydrazine groups is 1. The molecule has 0 atom stereocenters. The smallest absolute Gasteiger partial charge is 0.166 e. The van der Waals surface area contributed by atoms with Crippen LogP contribution < -0.4 is 11.3 Å². The van der Waals surface area contributed by atoms with Gasteiger partial charge in [-0.3, -0.25) is 10.8 Å². The lowest BCUT2D eigenvalue weighted by Gasteiger charge is -2.02. The number of fused-ring (bicyclic) bond motifs is 1. The van der Waals surface area contributed by atoms with Crippen molar-refractivity contribution < 1.29 is 0 Å². The molecule has 102 valence electrons. The summed E-state index contributed by atoms with van der Waals surface area (Å²) in [6, 6.07) is 9.96. The van der Waals surface area contributed by atoms with E-state index >= 15 is 0 Å². The molecule has 0 bridgehead atoms. The van der Waals surface area contributed by atoms with E-state index in [-0.39, 0.29) is 0 Å². The van der Waals surface area contributed by atoms with Crippen molar-refractivity contribution in [2.45, 2.75) is 17.8 Å². The number of aryl methyl sites for hydroxylation is 1. The summed E-state index contributed by atoms with van der Waals surface area (Å²) < 4.78 is 0. The predicted octanol–water partition coefficient (Wildman–Crippen LogP) is 2.84. The van der Waals surface area contributed by atoms with E-state index in [0.717, 1.165) is 33.3 Å². The van der Waals surface area contributed by atoms with Gasteiger partial charge in [0.1, 0.15) is 0 Å². The Morgan fingerprint density at radius 1 is 1.30 bits per heavy atom. The summed E-state index contributed by atoms with van der Waals surface area (Å²) in [5.41, 5.74) is 7.72. The summed E-state index contributed by atoms with van der Waals surface area (Å²) in [6.07, 6.45) is 1.74. The molecule has 2 heterocycles. The van der Waals surface area contributed by atoms with Crippen molar-refractivity contribution in [3.05, 3.63) is 47.8 Å². The summed E-state index contributed by atoms with van der Waals surface area (Å²) in [5, 5.41) is 0.901. The van der Waals surface area contributed by atoms with Gasteiger partial charge in [-0.05, 0) is 36.8 Å². The Hall–Kier alpha value is -2.05. The van der Waals surface area contributed by atoms with Gasteiger partial charge in [0, 0.05) is 11.9 Å². The van der Waals surface area contributed by atoms with Crippen molar-refractivity contribution in [2.24, 2.45) is 5.84 Å². The first kappa shape index (κ1) is 13.0. The topological polar surface area (TPSA) is 79.6 Å². The molecule has 3 aromatic rings. The molecule has 0 aliphatic carbocycles. The standard InChI is InChI=1S/C14H15N5S/c1-9-2-3-12-13(6-9)18-14(17-12)20-8-11-7-10(19-15)4-5-16-11/h2-7H,8,15H2,1H3,(H,16,19)(H,17,18). The van der Waals surface area contributed by atoms with Crippen LogP contribution in [0.25, 0.3) is 11.0 Å². The van der Waals surface area contributed by atoms with E-state index in [0.29, 0.717) is 0 Å². The molecule has 0 radical (unpaired) electrons. The molecule has 6 heteroatoms. The number of nitrogens with zero attached hydrogens (tertiary/aromatic N) is 2. The summed E-state index contributed by atoms with van der Waals surface area (Å²) >= 11 is 1.63. The zero-order valence-corrected chi connectivity index (χ0v) is 11.9. The van der Waals surface area contributed by atoms with Gasteiger partial charge in [0.2, 0.25) is 0 Å². The first-order valence-electron chi connectivity index (χ1n) is 6.25. The third-order valence-electron chi connectivity index (χ3n) is 2.96. The van der Waals surface area contributed by atoms with E-state index in [1.165, 1.54) is 5.56 Å². The summed E-state index contributed by atoms with van der Waals surface area (Å²) in [7, 11) is 0. The molecule has 0 unspecified atom stereocenters. The van der Waals surface area contributed by atoms with E-state index in [1.807, 2.05) is 18.2 Å². The van der Waals surface area contributed by atoms with Crippen LogP contribution in [0.15, 0.2) is 41.7 Å². The summed E-state index contributed by atoms with van der Waals surface area (Å²) in [6.45, 7) is 2.07. The number of imidazole rings is 1. The van der Waals surface area contributed by atoms with Crippen molar-refractivity contribution in [3.63, 3.8) is 0 Å². The van der Waals surface area contributed by atoms with Crippen LogP contribution >= 0.6 is 11.8 Å². The number of anilines is 1. The molecule has 0 amide bonds. The molecule has 0 aliphatic heterocycles. The molecule has 0 spiro atoms. The first-order valence-corrected chi connectivity index (χ1v) is 7.24. The van der Waals surface area contributed by atoms with Crippen molar-refractivity contribution in [1.29, 1.82) is 0 Å². The number of benzene rings is 1. The number of pyridine rings is 1. The van der Waals surface area contributed by atoms with Crippen LogP contribution in [0.2, 0.25) is 0 Å². The Morgan fingerprint density at radius 3 is 3.05 bits per heavy atom. The fourth-order valence-electron chi connectivity index (χ4n) is 1.96. The Balaban J connectivity index is 1.76. The van der Waals surface area contributed by atoms with E-state index in [1.54, 1.807) is 18.0 Å². The average Bonchev–Trinajstić information content (AvgIpc) is 2.87. The molecule has 3 rings (SSSR count). The van der Waals surface area contributed by atoms with E-state index < -0.39 is 0 Å². The molecule has 20 heavy (non-hydrogen) atoms. The summed E-state index contributed by atoms with van der Waals surface area (Å²) in [4.78, 5) is 12.2. The number of rotatable bonds is 4. The maximum absolute atomic E-state index is 5.39. The van der Waals surface area contributed by atoms with Gasteiger partial charge in [0.25, 0.3) is 0 Å². The lowest BCUT2D eigenvalue weighted by Crippen LogP contribution is -2.07. The fraction of sp³-hybridized carbons (Fsp3) is 0.143. The normalized spacial score (nSPS) is 10.9. The van der Waals surface area contributed by atoms with Crippen LogP contribution in [-0.4, -0.2) is 15.0 Å². The van der Waals surface area contributed by atoms with Gasteiger partial charge in [-0.2, -0.15) is 0 Å².